The molecule has 134 valence electrons. The van der Waals surface area contributed by atoms with Crippen LogP contribution in [0.15, 0.2) is 65.3 Å². The van der Waals surface area contributed by atoms with E-state index in [0.717, 1.165) is 35.9 Å². The maximum Gasteiger partial charge on any atom is 0.133 e. The summed E-state index contributed by atoms with van der Waals surface area (Å²) in [6, 6.07) is 19.8. The lowest BCUT2D eigenvalue weighted by Gasteiger charge is -2.52. The highest BCUT2D eigenvalue weighted by molar-refractivity contribution is 5.78. The van der Waals surface area contributed by atoms with Gasteiger partial charge in [-0.25, -0.2) is 0 Å². The van der Waals surface area contributed by atoms with Gasteiger partial charge in [-0.05, 0) is 55.0 Å². The van der Waals surface area contributed by atoms with Crippen LogP contribution in [0.5, 0.6) is 0 Å². The summed E-state index contributed by atoms with van der Waals surface area (Å²) in [5.74, 6) is 0. The average Bonchev–Trinajstić information content (AvgIpc) is 3.11. The molecule has 2 atom stereocenters. The van der Waals surface area contributed by atoms with Gasteiger partial charge >= 0.3 is 0 Å². The highest BCUT2D eigenvalue weighted by Crippen LogP contribution is 2.45. The third-order valence-electron chi connectivity index (χ3n) is 6.36. The molecule has 26 heavy (non-hydrogen) atoms. The molecular weight excluding hydrogens is 322 g/mol. The number of aliphatic hydroxyl groups is 1. The fourth-order valence-corrected chi connectivity index (χ4v) is 5.06. The van der Waals surface area contributed by atoms with Crippen LogP contribution in [-0.4, -0.2) is 22.1 Å². The van der Waals surface area contributed by atoms with Crippen LogP contribution in [0.2, 0.25) is 0 Å². The molecule has 2 aliphatic heterocycles. The van der Waals surface area contributed by atoms with Crippen molar-refractivity contribution in [1.82, 2.24) is 4.90 Å². The number of piperidine rings is 2. The van der Waals surface area contributed by atoms with Gasteiger partial charge in [0.25, 0.3) is 0 Å². The summed E-state index contributed by atoms with van der Waals surface area (Å²) >= 11 is 0. The molecule has 0 aliphatic carbocycles. The van der Waals surface area contributed by atoms with Crippen molar-refractivity contribution in [2.45, 2.75) is 56.3 Å². The number of furan rings is 1. The smallest absolute Gasteiger partial charge is 0.133 e. The summed E-state index contributed by atoms with van der Waals surface area (Å²) in [6.45, 7) is 0.993. The molecule has 2 saturated heterocycles. The molecule has 2 fully saturated rings. The molecule has 0 radical (unpaired) electrons. The standard InChI is InChI=1S/C23H25NO2/c25-23(19-9-10-22-18(13-19)11-12-26-22)14-20-7-4-8-21(15-23)24(20)16-17-5-2-1-3-6-17/h1-3,5-6,9-13,20-21,25H,4,7-8,14-16H2. The summed E-state index contributed by atoms with van der Waals surface area (Å²) in [4.78, 5) is 2.64. The van der Waals surface area contributed by atoms with Crippen molar-refractivity contribution >= 4 is 11.0 Å². The molecule has 1 N–H and O–H groups in total. The Hall–Kier alpha value is -2.10. The van der Waals surface area contributed by atoms with Gasteiger partial charge in [-0.15, -0.1) is 0 Å². The monoisotopic (exact) mass is 347 g/mol. The van der Waals surface area contributed by atoms with Gasteiger partial charge in [0.2, 0.25) is 0 Å². The average molecular weight is 347 g/mol. The number of benzene rings is 2. The minimum Gasteiger partial charge on any atom is -0.464 e. The molecule has 3 nitrogen and oxygen atoms in total. The quantitative estimate of drug-likeness (QED) is 0.737. The van der Waals surface area contributed by atoms with Gasteiger partial charge < -0.3 is 9.52 Å². The molecule has 2 aromatic carbocycles. The van der Waals surface area contributed by atoms with Gasteiger partial charge in [0.15, 0.2) is 0 Å². The Morgan fingerprint density at radius 2 is 1.77 bits per heavy atom. The third kappa shape index (κ3) is 2.76. The van der Waals surface area contributed by atoms with Crippen molar-refractivity contribution in [3.05, 3.63) is 72.0 Å². The zero-order chi connectivity index (χ0) is 17.6. The van der Waals surface area contributed by atoms with E-state index in [9.17, 15) is 5.11 Å². The normalized spacial score (nSPS) is 29.1. The number of hydrogen-bond donors (Lipinski definition) is 1. The molecule has 5 rings (SSSR count). The number of nitrogens with zero attached hydrogens (tertiary/aromatic N) is 1. The number of rotatable bonds is 3. The molecule has 0 spiro atoms. The van der Waals surface area contributed by atoms with E-state index in [0.29, 0.717) is 12.1 Å². The van der Waals surface area contributed by atoms with Crippen LogP contribution in [0.4, 0.5) is 0 Å². The van der Waals surface area contributed by atoms with Crippen molar-refractivity contribution in [3.63, 3.8) is 0 Å². The highest BCUT2D eigenvalue weighted by Gasteiger charge is 2.46. The second-order valence-corrected chi connectivity index (χ2v) is 8.01. The van der Waals surface area contributed by atoms with Crippen LogP contribution in [0.1, 0.15) is 43.2 Å². The van der Waals surface area contributed by atoms with Crippen LogP contribution >= 0.6 is 0 Å². The van der Waals surface area contributed by atoms with E-state index in [1.165, 1.54) is 24.8 Å². The molecule has 0 amide bonds. The van der Waals surface area contributed by atoms with Crippen molar-refractivity contribution in [1.29, 1.82) is 0 Å². The van der Waals surface area contributed by atoms with E-state index >= 15 is 0 Å². The Bertz CT molecular complexity index is 887. The molecule has 2 aliphatic rings. The lowest BCUT2D eigenvalue weighted by Crippen LogP contribution is -2.56. The third-order valence-corrected chi connectivity index (χ3v) is 6.36. The molecule has 3 heterocycles. The van der Waals surface area contributed by atoms with Gasteiger partial charge in [0.1, 0.15) is 5.58 Å². The van der Waals surface area contributed by atoms with E-state index in [-0.39, 0.29) is 0 Å². The Balaban J connectivity index is 1.43. The summed E-state index contributed by atoms with van der Waals surface area (Å²) in [5, 5.41) is 12.6. The maximum atomic E-state index is 11.6. The lowest BCUT2D eigenvalue weighted by molar-refractivity contribution is -0.0998. The van der Waals surface area contributed by atoms with Gasteiger partial charge in [0, 0.05) is 24.0 Å². The van der Waals surface area contributed by atoms with Gasteiger partial charge in [-0.1, -0.05) is 42.8 Å². The second kappa shape index (κ2) is 6.26. The zero-order valence-corrected chi connectivity index (χ0v) is 15.0. The predicted octanol–water partition coefficient (Wildman–Crippen LogP) is 4.84. The first-order valence-electron chi connectivity index (χ1n) is 9.71. The fourth-order valence-electron chi connectivity index (χ4n) is 5.06. The first kappa shape index (κ1) is 16.1. The molecule has 3 aromatic rings. The van der Waals surface area contributed by atoms with Crippen LogP contribution < -0.4 is 0 Å². The van der Waals surface area contributed by atoms with Gasteiger partial charge in [-0.3, -0.25) is 4.90 Å². The van der Waals surface area contributed by atoms with Crippen LogP contribution in [0, 0.1) is 0 Å². The summed E-state index contributed by atoms with van der Waals surface area (Å²) in [6.07, 6.45) is 6.99. The number of hydrogen-bond acceptors (Lipinski definition) is 3. The van der Waals surface area contributed by atoms with Crippen molar-refractivity contribution in [3.8, 4) is 0 Å². The van der Waals surface area contributed by atoms with Crippen molar-refractivity contribution in [2.75, 3.05) is 0 Å². The second-order valence-electron chi connectivity index (χ2n) is 8.01. The Labute approximate surface area is 154 Å². The highest BCUT2D eigenvalue weighted by atomic mass is 16.3. The van der Waals surface area contributed by atoms with Crippen LogP contribution in [0.3, 0.4) is 0 Å². The van der Waals surface area contributed by atoms with Crippen molar-refractivity contribution in [2.24, 2.45) is 0 Å². The number of fused-ring (bicyclic) bond motifs is 3. The molecule has 2 bridgehead atoms. The molecule has 2 unspecified atom stereocenters. The lowest BCUT2D eigenvalue weighted by atomic mass is 9.72. The SMILES string of the molecule is OC1(c2ccc3occc3c2)CC2CCCC(C1)N2Cc1ccccc1. The Morgan fingerprint density at radius 3 is 2.54 bits per heavy atom. The van der Waals surface area contributed by atoms with Crippen LogP contribution in [-0.2, 0) is 12.1 Å². The Kier molecular flexibility index (Phi) is 3.87. The topological polar surface area (TPSA) is 36.6 Å². The molecule has 0 saturated carbocycles. The van der Waals surface area contributed by atoms with Crippen molar-refractivity contribution < 1.29 is 9.52 Å². The maximum absolute atomic E-state index is 11.6. The van der Waals surface area contributed by atoms with Gasteiger partial charge in [0.05, 0.1) is 11.9 Å². The summed E-state index contributed by atoms with van der Waals surface area (Å²) in [7, 11) is 0. The molecular formula is C23H25NO2. The van der Waals surface area contributed by atoms with E-state index in [1.54, 1.807) is 6.26 Å². The summed E-state index contributed by atoms with van der Waals surface area (Å²) < 4.78 is 5.46. The van der Waals surface area contributed by atoms with Crippen LogP contribution in [0.25, 0.3) is 11.0 Å². The largest absolute Gasteiger partial charge is 0.464 e. The Morgan fingerprint density at radius 1 is 1.00 bits per heavy atom. The minimum absolute atomic E-state index is 0.452. The van der Waals surface area contributed by atoms with Gasteiger partial charge in [-0.2, -0.15) is 0 Å². The fraction of sp³-hybridized carbons (Fsp3) is 0.391. The zero-order valence-electron chi connectivity index (χ0n) is 15.0. The predicted molar refractivity (Wildman–Crippen MR) is 103 cm³/mol. The molecule has 3 heteroatoms. The molecule has 1 aromatic heterocycles. The van der Waals surface area contributed by atoms with E-state index in [4.69, 9.17) is 4.42 Å². The van der Waals surface area contributed by atoms with E-state index in [1.807, 2.05) is 12.1 Å². The van der Waals surface area contributed by atoms with E-state index in [2.05, 4.69) is 47.4 Å². The van der Waals surface area contributed by atoms with E-state index < -0.39 is 5.60 Å². The minimum atomic E-state index is -0.728. The summed E-state index contributed by atoms with van der Waals surface area (Å²) in [5.41, 5.74) is 2.57. The first-order valence-corrected chi connectivity index (χ1v) is 9.71. The first-order chi connectivity index (χ1) is 12.7.